The predicted molar refractivity (Wildman–Crippen MR) is 167 cm³/mol. The average Bonchev–Trinajstić information content (AvgIpc) is 3.62. The zero-order chi connectivity index (χ0) is 29.1. The first-order valence-corrected chi connectivity index (χ1v) is 14.1. The van der Waals surface area contributed by atoms with E-state index in [-0.39, 0.29) is 11.5 Å². The first-order valence-electron chi connectivity index (χ1n) is 13.3. The van der Waals surface area contributed by atoms with Gasteiger partial charge in [0.1, 0.15) is 5.75 Å². The normalized spacial score (nSPS) is 11.6. The highest BCUT2D eigenvalue weighted by molar-refractivity contribution is 7.20. The maximum absolute atomic E-state index is 13.9. The lowest BCUT2D eigenvalue weighted by Crippen LogP contribution is -2.28. The number of nitrogens with zero attached hydrogens (tertiary/aromatic N) is 3. The van der Waals surface area contributed by atoms with Gasteiger partial charge >= 0.3 is 0 Å². The molecular formula is C33H27N5O3S. The van der Waals surface area contributed by atoms with E-state index in [9.17, 15) is 9.59 Å². The van der Waals surface area contributed by atoms with Crippen LogP contribution in [0.4, 0.5) is 0 Å². The van der Waals surface area contributed by atoms with E-state index in [4.69, 9.17) is 4.74 Å². The van der Waals surface area contributed by atoms with Crippen molar-refractivity contribution < 1.29 is 9.53 Å². The number of amides is 1. The van der Waals surface area contributed by atoms with E-state index in [2.05, 4.69) is 20.6 Å². The summed E-state index contributed by atoms with van der Waals surface area (Å²) in [5, 5.41) is 8.19. The molecular weight excluding hydrogens is 546 g/mol. The van der Waals surface area contributed by atoms with Gasteiger partial charge in [-0.25, -0.2) is 10.4 Å². The highest BCUT2D eigenvalue weighted by Gasteiger charge is 2.24. The van der Waals surface area contributed by atoms with E-state index in [0.717, 1.165) is 26.9 Å². The number of para-hydroxylation sites is 1. The van der Waals surface area contributed by atoms with E-state index in [1.54, 1.807) is 14.0 Å². The molecule has 0 unspecified atom stereocenters. The van der Waals surface area contributed by atoms with Gasteiger partial charge in [-0.3, -0.25) is 14.7 Å². The van der Waals surface area contributed by atoms with Crippen molar-refractivity contribution in [2.45, 2.75) is 12.8 Å². The standard InChI is InChI=1S/C33H27N5O3S/c1-21(35-36-31(39)29(22-11-5-3-6-12-22)23-13-7-4-8-14-23)28-30(24-17-19-25(41-2)20-18-24)37-38(32(28)40)33-34-26-15-9-10-16-27(26)42-33/h3-20,29,37H,1-2H3,(H,36,39)/b35-21+. The molecule has 0 saturated heterocycles. The van der Waals surface area contributed by atoms with Gasteiger partial charge in [-0.05, 0) is 54.4 Å². The van der Waals surface area contributed by atoms with Crippen LogP contribution in [0.5, 0.6) is 5.75 Å². The van der Waals surface area contributed by atoms with Gasteiger partial charge in [0.15, 0.2) is 0 Å². The summed E-state index contributed by atoms with van der Waals surface area (Å²) >= 11 is 1.41. The number of thiazole rings is 1. The number of methoxy groups -OCH3 is 1. The maximum Gasteiger partial charge on any atom is 0.283 e. The molecule has 0 fully saturated rings. The molecule has 2 aromatic heterocycles. The average molecular weight is 574 g/mol. The van der Waals surface area contributed by atoms with Crippen molar-refractivity contribution in [1.82, 2.24) is 20.2 Å². The van der Waals surface area contributed by atoms with E-state index in [0.29, 0.717) is 27.9 Å². The van der Waals surface area contributed by atoms with Crippen LogP contribution in [0, 0.1) is 0 Å². The summed E-state index contributed by atoms with van der Waals surface area (Å²) in [6.07, 6.45) is 0. The van der Waals surface area contributed by atoms with Gasteiger partial charge in [0.2, 0.25) is 5.13 Å². The first-order chi connectivity index (χ1) is 20.5. The lowest BCUT2D eigenvalue weighted by Gasteiger charge is -2.16. The smallest absolute Gasteiger partial charge is 0.283 e. The summed E-state index contributed by atoms with van der Waals surface area (Å²) in [5.41, 5.74) is 6.89. The van der Waals surface area contributed by atoms with E-state index < -0.39 is 5.92 Å². The fraction of sp³-hybridized carbons (Fsp3) is 0.0909. The molecule has 4 aromatic carbocycles. The Morgan fingerprint density at radius 2 is 1.52 bits per heavy atom. The Labute approximate surface area is 245 Å². The predicted octanol–water partition coefficient (Wildman–Crippen LogP) is 6.12. The van der Waals surface area contributed by atoms with Gasteiger partial charge in [0, 0.05) is 5.56 Å². The number of aromatic nitrogens is 3. The molecule has 42 heavy (non-hydrogen) atoms. The number of nitrogens with one attached hydrogen (secondary N) is 2. The number of H-pyrrole nitrogens is 1. The number of aromatic amines is 1. The minimum Gasteiger partial charge on any atom is -0.497 e. The second-order valence-electron chi connectivity index (χ2n) is 9.62. The Kier molecular flexibility index (Phi) is 7.49. The minimum atomic E-state index is -0.573. The van der Waals surface area contributed by atoms with E-state index in [1.165, 1.54) is 16.0 Å². The molecule has 0 radical (unpaired) electrons. The Hall–Kier alpha value is -5.28. The number of fused-ring (bicyclic) bond motifs is 1. The Morgan fingerprint density at radius 1 is 0.905 bits per heavy atom. The minimum absolute atomic E-state index is 0.306. The highest BCUT2D eigenvalue weighted by Crippen LogP contribution is 2.28. The summed E-state index contributed by atoms with van der Waals surface area (Å²) in [5.74, 6) is -0.186. The second-order valence-corrected chi connectivity index (χ2v) is 10.6. The molecule has 0 aliphatic heterocycles. The van der Waals surface area contributed by atoms with Crippen LogP contribution in [0.1, 0.15) is 29.5 Å². The van der Waals surface area contributed by atoms with Crippen LogP contribution >= 0.6 is 11.3 Å². The Morgan fingerprint density at radius 3 is 2.14 bits per heavy atom. The lowest BCUT2D eigenvalue weighted by atomic mass is 9.91. The molecule has 6 aromatic rings. The maximum atomic E-state index is 13.9. The first kappa shape index (κ1) is 26.9. The van der Waals surface area contributed by atoms with E-state index >= 15 is 0 Å². The van der Waals surface area contributed by atoms with Crippen LogP contribution in [-0.4, -0.2) is 33.5 Å². The fourth-order valence-electron chi connectivity index (χ4n) is 4.88. The van der Waals surface area contributed by atoms with Crippen molar-refractivity contribution in [2.24, 2.45) is 5.10 Å². The van der Waals surface area contributed by atoms with Crippen LogP contribution in [0.3, 0.4) is 0 Å². The van der Waals surface area contributed by atoms with Gasteiger partial charge in [-0.1, -0.05) is 84.1 Å². The molecule has 0 aliphatic rings. The molecule has 2 N–H and O–H groups in total. The molecule has 0 saturated carbocycles. The molecule has 0 aliphatic carbocycles. The van der Waals surface area contributed by atoms with Crippen molar-refractivity contribution in [2.75, 3.05) is 7.11 Å². The van der Waals surface area contributed by atoms with Crippen LogP contribution in [0.25, 0.3) is 26.6 Å². The van der Waals surface area contributed by atoms with Crippen molar-refractivity contribution in [3.05, 3.63) is 136 Å². The van der Waals surface area contributed by atoms with Crippen molar-refractivity contribution >= 4 is 33.2 Å². The summed E-state index contributed by atoms with van der Waals surface area (Å²) in [6, 6.07) is 34.2. The zero-order valence-corrected chi connectivity index (χ0v) is 23.8. The summed E-state index contributed by atoms with van der Waals surface area (Å²) in [6.45, 7) is 1.71. The third kappa shape index (κ3) is 5.25. The number of carbonyl (C=O) groups excluding carboxylic acids is 1. The van der Waals surface area contributed by atoms with Gasteiger partial charge in [0.25, 0.3) is 11.5 Å². The topological polar surface area (TPSA) is 101 Å². The summed E-state index contributed by atoms with van der Waals surface area (Å²) < 4.78 is 7.71. The molecule has 208 valence electrons. The quantitative estimate of drug-likeness (QED) is 0.169. The molecule has 9 heteroatoms. The number of rotatable bonds is 8. The van der Waals surface area contributed by atoms with Crippen LogP contribution in [0.15, 0.2) is 119 Å². The van der Waals surface area contributed by atoms with E-state index in [1.807, 2.05) is 109 Å². The van der Waals surface area contributed by atoms with Crippen molar-refractivity contribution in [3.8, 4) is 22.1 Å². The van der Waals surface area contributed by atoms with Crippen LogP contribution < -0.4 is 15.7 Å². The molecule has 6 rings (SSSR count). The number of hydrogen-bond acceptors (Lipinski definition) is 6. The Bertz CT molecular complexity index is 1870. The molecule has 0 bridgehead atoms. The monoisotopic (exact) mass is 573 g/mol. The van der Waals surface area contributed by atoms with Crippen LogP contribution in [0.2, 0.25) is 0 Å². The molecule has 8 nitrogen and oxygen atoms in total. The third-order valence-corrected chi connectivity index (χ3v) is 7.99. The van der Waals surface area contributed by atoms with Gasteiger partial charge in [-0.2, -0.15) is 9.78 Å². The summed E-state index contributed by atoms with van der Waals surface area (Å²) in [7, 11) is 1.60. The molecule has 2 heterocycles. The third-order valence-electron chi connectivity index (χ3n) is 6.97. The Balaban J connectivity index is 1.41. The highest BCUT2D eigenvalue weighted by atomic mass is 32.1. The molecule has 0 spiro atoms. The lowest BCUT2D eigenvalue weighted by molar-refractivity contribution is -0.121. The van der Waals surface area contributed by atoms with Crippen molar-refractivity contribution in [1.29, 1.82) is 0 Å². The summed E-state index contributed by atoms with van der Waals surface area (Å²) in [4.78, 5) is 32.2. The fourth-order valence-corrected chi connectivity index (χ4v) is 5.80. The van der Waals surface area contributed by atoms with Gasteiger partial charge in [-0.15, -0.1) is 0 Å². The number of carbonyl (C=O) groups is 1. The van der Waals surface area contributed by atoms with Crippen LogP contribution in [-0.2, 0) is 4.79 Å². The second kappa shape index (κ2) is 11.7. The van der Waals surface area contributed by atoms with Gasteiger partial charge in [0.05, 0.1) is 40.2 Å². The number of hydrazone groups is 1. The zero-order valence-electron chi connectivity index (χ0n) is 22.9. The number of hydrogen-bond donors (Lipinski definition) is 2. The number of benzene rings is 4. The SMILES string of the molecule is COc1ccc(-c2[nH]n(-c3nc4ccccc4s3)c(=O)c2/C(C)=N/NC(=O)C(c2ccccc2)c2ccccc2)cc1. The van der Waals surface area contributed by atoms with Crippen molar-refractivity contribution in [3.63, 3.8) is 0 Å². The molecule has 1 amide bonds. The van der Waals surface area contributed by atoms with Gasteiger partial charge < -0.3 is 4.74 Å². The molecule has 0 atom stereocenters. The number of ether oxygens (including phenoxy) is 1. The largest absolute Gasteiger partial charge is 0.497 e.